The molecule has 1 aromatic carbocycles. The van der Waals surface area contributed by atoms with E-state index >= 15 is 0 Å². The smallest absolute Gasteiger partial charge is 0.407 e. The first-order valence-electron chi connectivity index (χ1n) is 11.6. The molecular formula is C25H30BrNO7S. The van der Waals surface area contributed by atoms with Crippen LogP contribution in [0.15, 0.2) is 28.7 Å². The summed E-state index contributed by atoms with van der Waals surface area (Å²) < 4.78 is 21.3. The van der Waals surface area contributed by atoms with E-state index in [4.69, 9.17) is 18.9 Å². The number of halogens is 1. The Morgan fingerprint density at radius 2 is 1.91 bits per heavy atom. The Hall–Kier alpha value is -2.59. The second-order valence-corrected chi connectivity index (χ2v) is 9.96. The number of esters is 2. The lowest BCUT2D eigenvalue weighted by molar-refractivity contribution is -0.145. The third-order valence-electron chi connectivity index (χ3n) is 5.62. The SMILES string of the molecule is CCOC(=O)COc1c(C(=O)OC)sc(-c2cccc(CNC(=O)OCC3CCCCC3)c2)c1Br. The van der Waals surface area contributed by atoms with Gasteiger partial charge in [-0.1, -0.05) is 37.5 Å². The van der Waals surface area contributed by atoms with Gasteiger partial charge in [-0.2, -0.15) is 0 Å². The fourth-order valence-electron chi connectivity index (χ4n) is 3.87. The molecular weight excluding hydrogens is 538 g/mol. The summed E-state index contributed by atoms with van der Waals surface area (Å²) in [5.74, 6) is -0.427. The summed E-state index contributed by atoms with van der Waals surface area (Å²) >= 11 is 4.69. The van der Waals surface area contributed by atoms with Crippen LogP contribution < -0.4 is 10.1 Å². The standard InChI is InChI=1S/C25H30BrNO7S/c1-3-32-19(28)15-33-21-20(26)22(35-23(21)24(29)31-2)18-11-7-10-17(12-18)13-27-25(30)34-14-16-8-5-4-6-9-16/h7,10-12,16H,3-6,8-9,13-15H2,1-2H3,(H,27,30). The third kappa shape index (κ3) is 7.70. The second-order valence-electron chi connectivity index (χ2n) is 8.15. The number of hydrogen-bond acceptors (Lipinski definition) is 8. The average molecular weight is 568 g/mol. The summed E-state index contributed by atoms with van der Waals surface area (Å²) in [6, 6.07) is 7.56. The maximum absolute atomic E-state index is 12.3. The van der Waals surface area contributed by atoms with E-state index in [0.717, 1.165) is 28.8 Å². The van der Waals surface area contributed by atoms with Gasteiger partial charge in [0, 0.05) is 6.54 Å². The number of nitrogens with one attached hydrogen (secondary N) is 1. The number of methoxy groups -OCH3 is 1. The maximum atomic E-state index is 12.3. The van der Waals surface area contributed by atoms with Crippen LogP contribution in [0.4, 0.5) is 4.79 Å². The van der Waals surface area contributed by atoms with E-state index in [-0.39, 0.29) is 23.8 Å². The van der Waals surface area contributed by atoms with Crippen molar-refractivity contribution in [2.24, 2.45) is 5.92 Å². The van der Waals surface area contributed by atoms with E-state index in [1.165, 1.54) is 37.7 Å². The number of thiophene rings is 1. The highest BCUT2D eigenvalue weighted by molar-refractivity contribution is 9.10. The van der Waals surface area contributed by atoms with E-state index in [1.54, 1.807) is 6.92 Å². The molecule has 190 valence electrons. The van der Waals surface area contributed by atoms with Crippen LogP contribution in [-0.2, 0) is 25.5 Å². The summed E-state index contributed by atoms with van der Waals surface area (Å²) in [6.45, 7) is 2.36. The Balaban J connectivity index is 1.68. The van der Waals surface area contributed by atoms with Crippen LogP contribution in [-0.4, -0.2) is 45.0 Å². The monoisotopic (exact) mass is 567 g/mol. The summed E-state index contributed by atoms with van der Waals surface area (Å²) in [7, 11) is 1.28. The lowest BCUT2D eigenvalue weighted by Gasteiger charge is -2.21. The Morgan fingerprint density at radius 1 is 1.14 bits per heavy atom. The van der Waals surface area contributed by atoms with E-state index in [9.17, 15) is 14.4 Å². The molecule has 2 aromatic rings. The molecule has 0 spiro atoms. The van der Waals surface area contributed by atoms with Crippen molar-refractivity contribution in [3.63, 3.8) is 0 Å². The molecule has 1 aliphatic rings. The largest absolute Gasteiger partial charge is 0.479 e. The van der Waals surface area contributed by atoms with Gasteiger partial charge in [-0.25, -0.2) is 14.4 Å². The van der Waals surface area contributed by atoms with Crippen molar-refractivity contribution in [2.45, 2.75) is 45.6 Å². The van der Waals surface area contributed by atoms with Gasteiger partial charge in [0.2, 0.25) is 0 Å². The molecule has 35 heavy (non-hydrogen) atoms. The van der Waals surface area contributed by atoms with Crippen molar-refractivity contribution in [3.8, 4) is 16.2 Å². The minimum absolute atomic E-state index is 0.222. The van der Waals surface area contributed by atoms with Crippen LogP contribution >= 0.6 is 27.3 Å². The van der Waals surface area contributed by atoms with Gasteiger partial charge in [0.25, 0.3) is 0 Å². The quantitative estimate of drug-likeness (QED) is 0.289. The van der Waals surface area contributed by atoms with Gasteiger partial charge in [0.1, 0.15) is 0 Å². The Morgan fingerprint density at radius 3 is 2.63 bits per heavy atom. The predicted octanol–water partition coefficient (Wildman–Crippen LogP) is 5.71. The van der Waals surface area contributed by atoms with Crippen LogP contribution in [0.3, 0.4) is 0 Å². The molecule has 0 saturated heterocycles. The first kappa shape index (κ1) is 27.0. The van der Waals surface area contributed by atoms with Crippen molar-refractivity contribution in [1.82, 2.24) is 5.32 Å². The maximum Gasteiger partial charge on any atom is 0.407 e. The van der Waals surface area contributed by atoms with E-state index in [2.05, 4.69) is 21.2 Å². The van der Waals surface area contributed by atoms with Crippen LogP contribution in [0.5, 0.6) is 5.75 Å². The van der Waals surface area contributed by atoms with Gasteiger partial charge < -0.3 is 24.3 Å². The van der Waals surface area contributed by atoms with E-state index < -0.39 is 18.0 Å². The van der Waals surface area contributed by atoms with E-state index in [0.29, 0.717) is 23.5 Å². The predicted molar refractivity (Wildman–Crippen MR) is 136 cm³/mol. The Labute approximate surface area is 217 Å². The molecule has 8 nitrogen and oxygen atoms in total. The highest BCUT2D eigenvalue weighted by atomic mass is 79.9. The molecule has 0 atom stereocenters. The number of benzene rings is 1. The van der Waals surface area contributed by atoms with Crippen molar-refractivity contribution >= 4 is 45.3 Å². The molecule has 0 radical (unpaired) electrons. The van der Waals surface area contributed by atoms with Crippen molar-refractivity contribution < 1.29 is 33.3 Å². The zero-order valence-corrected chi connectivity index (χ0v) is 22.3. The van der Waals surface area contributed by atoms with Gasteiger partial charge in [-0.15, -0.1) is 11.3 Å². The van der Waals surface area contributed by atoms with Gasteiger partial charge in [-0.05, 0) is 58.8 Å². The Bertz CT molecular complexity index is 1030. The van der Waals surface area contributed by atoms with Gasteiger partial charge in [0.15, 0.2) is 17.2 Å². The number of carbonyl (C=O) groups excluding carboxylic acids is 3. The number of alkyl carbamates (subject to hydrolysis) is 1. The molecule has 1 aliphatic carbocycles. The average Bonchev–Trinajstić information content (AvgIpc) is 3.21. The van der Waals surface area contributed by atoms with Crippen molar-refractivity contribution in [3.05, 3.63) is 39.2 Å². The van der Waals surface area contributed by atoms with Crippen molar-refractivity contribution in [2.75, 3.05) is 26.9 Å². The number of amides is 1. The molecule has 3 rings (SSSR count). The molecule has 0 aliphatic heterocycles. The molecule has 10 heteroatoms. The number of hydrogen-bond donors (Lipinski definition) is 1. The van der Waals surface area contributed by atoms with Crippen LogP contribution in [0, 0.1) is 5.92 Å². The molecule has 1 amide bonds. The van der Waals surface area contributed by atoms with Gasteiger partial charge in [0.05, 0.1) is 29.7 Å². The normalized spacial score (nSPS) is 13.7. The molecule has 1 aromatic heterocycles. The summed E-state index contributed by atoms with van der Waals surface area (Å²) in [5, 5.41) is 2.80. The molecule has 0 unspecified atom stereocenters. The van der Waals surface area contributed by atoms with Gasteiger partial charge in [-0.3, -0.25) is 0 Å². The summed E-state index contributed by atoms with van der Waals surface area (Å²) in [4.78, 5) is 37.2. The van der Waals surface area contributed by atoms with Crippen LogP contribution in [0.1, 0.15) is 54.3 Å². The Kier molecular flexibility index (Phi) is 10.4. The first-order valence-corrected chi connectivity index (χ1v) is 13.2. The third-order valence-corrected chi connectivity index (χ3v) is 7.84. The fourth-order valence-corrected chi connectivity index (χ4v) is 5.83. The second kappa shape index (κ2) is 13.5. The molecule has 0 bridgehead atoms. The highest BCUT2D eigenvalue weighted by Gasteiger charge is 2.25. The lowest BCUT2D eigenvalue weighted by atomic mass is 9.90. The van der Waals surface area contributed by atoms with Gasteiger partial charge >= 0.3 is 18.0 Å². The molecule has 1 heterocycles. The number of rotatable bonds is 10. The van der Waals surface area contributed by atoms with Crippen LogP contribution in [0.2, 0.25) is 0 Å². The zero-order chi connectivity index (χ0) is 25.2. The number of ether oxygens (including phenoxy) is 4. The minimum Gasteiger partial charge on any atom is -0.479 e. The summed E-state index contributed by atoms with van der Waals surface area (Å²) in [6.07, 6.45) is 5.47. The van der Waals surface area contributed by atoms with Crippen molar-refractivity contribution in [1.29, 1.82) is 0 Å². The topological polar surface area (TPSA) is 100 Å². The minimum atomic E-state index is -0.570. The van der Waals surface area contributed by atoms with Crippen LogP contribution in [0.25, 0.3) is 10.4 Å². The fraction of sp³-hybridized carbons (Fsp3) is 0.480. The number of carbonyl (C=O) groups is 3. The molecule has 1 N–H and O–H groups in total. The highest BCUT2D eigenvalue weighted by Crippen LogP contribution is 2.46. The summed E-state index contributed by atoms with van der Waals surface area (Å²) in [5.41, 5.74) is 1.68. The zero-order valence-electron chi connectivity index (χ0n) is 19.9. The lowest BCUT2D eigenvalue weighted by Crippen LogP contribution is -2.26. The molecule has 1 fully saturated rings. The van der Waals surface area contributed by atoms with E-state index in [1.807, 2.05) is 24.3 Å². The molecule has 1 saturated carbocycles. The first-order chi connectivity index (χ1) is 16.9.